The van der Waals surface area contributed by atoms with Gasteiger partial charge >= 0.3 is 0 Å². The summed E-state index contributed by atoms with van der Waals surface area (Å²) in [7, 11) is 0. The highest BCUT2D eigenvalue weighted by atomic mass is 16.2. The fraction of sp³-hybridized carbons (Fsp3) is 0.200. The van der Waals surface area contributed by atoms with Gasteiger partial charge < -0.3 is 10.6 Å². The van der Waals surface area contributed by atoms with E-state index in [1.165, 1.54) is 0 Å². The van der Waals surface area contributed by atoms with Gasteiger partial charge in [0.2, 0.25) is 0 Å². The molecule has 0 radical (unpaired) electrons. The molecule has 1 aromatic carbocycles. The number of hydrogen-bond acceptors (Lipinski definition) is 5. The van der Waals surface area contributed by atoms with Crippen LogP contribution in [0.3, 0.4) is 0 Å². The Kier molecular flexibility index (Phi) is 3.48. The van der Waals surface area contributed by atoms with Crippen molar-refractivity contribution in [1.29, 1.82) is 5.26 Å². The van der Waals surface area contributed by atoms with E-state index in [-0.39, 0.29) is 5.91 Å². The molecule has 1 heterocycles. The number of benzene rings is 1. The first-order valence-electron chi connectivity index (χ1n) is 6.66. The third kappa shape index (κ3) is 3.34. The van der Waals surface area contributed by atoms with Crippen LogP contribution in [-0.2, 0) is 0 Å². The van der Waals surface area contributed by atoms with E-state index in [9.17, 15) is 4.79 Å². The molecular formula is C15H13N5O. The van der Waals surface area contributed by atoms with Gasteiger partial charge in [-0.15, -0.1) is 10.2 Å². The predicted octanol–water partition coefficient (Wildman–Crippen LogP) is 1.98. The fourth-order valence-corrected chi connectivity index (χ4v) is 1.78. The molecule has 0 aliphatic heterocycles. The Hall–Kier alpha value is -2.94. The molecule has 2 N–H and O–H groups in total. The minimum atomic E-state index is -0.185. The van der Waals surface area contributed by atoms with Gasteiger partial charge in [-0.3, -0.25) is 4.79 Å². The number of hydrogen-bond donors (Lipinski definition) is 2. The molecule has 0 unspecified atom stereocenters. The summed E-state index contributed by atoms with van der Waals surface area (Å²) in [5.74, 6) is 0.359. The quantitative estimate of drug-likeness (QED) is 0.893. The highest BCUT2D eigenvalue weighted by Gasteiger charge is 2.24. The third-order valence-electron chi connectivity index (χ3n) is 3.10. The van der Waals surface area contributed by atoms with Gasteiger partial charge in [-0.2, -0.15) is 5.26 Å². The Balaban J connectivity index is 1.65. The molecule has 0 bridgehead atoms. The van der Waals surface area contributed by atoms with Crippen LogP contribution in [0.2, 0.25) is 0 Å². The third-order valence-corrected chi connectivity index (χ3v) is 3.10. The van der Waals surface area contributed by atoms with Crippen molar-refractivity contribution in [3.05, 3.63) is 47.7 Å². The van der Waals surface area contributed by atoms with Crippen LogP contribution in [0.25, 0.3) is 0 Å². The number of rotatable bonds is 4. The zero-order valence-corrected chi connectivity index (χ0v) is 11.2. The molecule has 3 rings (SSSR count). The van der Waals surface area contributed by atoms with E-state index in [4.69, 9.17) is 5.26 Å². The summed E-state index contributed by atoms with van der Waals surface area (Å²) < 4.78 is 0. The van der Waals surface area contributed by atoms with E-state index < -0.39 is 0 Å². The maximum atomic E-state index is 11.8. The molecule has 1 aliphatic carbocycles. The van der Waals surface area contributed by atoms with Crippen molar-refractivity contribution in [2.75, 3.05) is 5.32 Å². The van der Waals surface area contributed by atoms with Crippen LogP contribution in [0.4, 0.5) is 11.5 Å². The first-order chi connectivity index (χ1) is 10.2. The normalized spacial score (nSPS) is 13.3. The summed E-state index contributed by atoms with van der Waals surface area (Å²) in [5, 5.41) is 22.5. The van der Waals surface area contributed by atoms with Crippen molar-refractivity contribution in [1.82, 2.24) is 15.5 Å². The van der Waals surface area contributed by atoms with Gasteiger partial charge in [0, 0.05) is 11.7 Å². The topological polar surface area (TPSA) is 90.7 Å². The highest BCUT2D eigenvalue weighted by Crippen LogP contribution is 2.19. The molecule has 1 aliphatic rings. The van der Waals surface area contributed by atoms with Gasteiger partial charge in [0.05, 0.1) is 11.6 Å². The molecule has 1 amide bonds. The van der Waals surface area contributed by atoms with Gasteiger partial charge in [0.1, 0.15) is 0 Å². The van der Waals surface area contributed by atoms with E-state index in [1.54, 1.807) is 36.4 Å². The van der Waals surface area contributed by atoms with Gasteiger partial charge in [0.25, 0.3) is 5.91 Å². The molecule has 0 spiro atoms. The van der Waals surface area contributed by atoms with E-state index in [0.29, 0.717) is 23.1 Å². The first kappa shape index (κ1) is 13.1. The van der Waals surface area contributed by atoms with Gasteiger partial charge in [-0.25, -0.2) is 0 Å². The first-order valence-corrected chi connectivity index (χ1v) is 6.66. The molecule has 1 saturated carbocycles. The van der Waals surface area contributed by atoms with Crippen LogP contribution in [0.15, 0.2) is 36.4 Å². The smallest absolute Gasteiger partial charge is 0.272 e. The Morgan fingerprint density at radius 3 is 2.48 bits per heavy atom. The van der Waals surface area contributed by atoms with Crippen molar-refractivity contribution in [3.8, 4) is 6.07 Å². The van der Waals surface area contributed by atoms with Crippen LogP contribution in [0.5, 0.6) is 0 Å². The van der Waals surface area contributed by atoms with Crippen molar-refractivity contribution in [2.24, 2.45) is 0 Å². The molecule has 2 aromatic rings. The average molecular weight is 279 g/mol. The second kappa shape index (κ2) is 5.59. The van der Waals surface area contributed by atoms with E-state index in [1.807, 2.05) is 0 Å². The predicted molar refractivity (Wildman–Crippen MR) is 77.0 cm³/mol. The minimum absolute atomic E-state index is 0.185. The summed E-state index contributed by atoms with van der Waals surface area (Å²) >= 11 is 0. The van der Waals surface area contributed by atoms with Crippen LogP contribution < -0.4 is 10.6 Å². The number of anilines is 2. The molecule has 0 atom stereocenters. The van der Waals surface area contributed by atoms with Crippen molar-refractivity contribution >= 4 is 17.4 Å². The summed E-state index contributed by atoms with van der Waals surface area (Å²) in [6.07, 6.45) is 2.08. The maximum Gasteiger partial charge on any atom is 0.272 e. The van der Waals surface area contributed by atoms with Crippen LogP contribution in [-0.4, -0.2) is 22.1 Å². The van der Waals surface area contributed by atoms with Crippen molar-refractivity contribution in [2.45, 2.75) is 18.9 Å². The lowest BCUT2D eigenvalue weighted by Crippen LogP contribution is -2.26. The zero-order chi connectivity index (χ0) is 14.7. The van der Waals surface area contributed by atoms with Crippen molar-refractivity contribution in [3.63, 3.8) is 0 Å². The summed E-state index contributed by atoms with van der Waals surface area (Å²) in [4.78, 5) is 11.8. The lowest BCUT2D eigenvalue weighted by molar-refractivity contribution is 0.0945. The lowest BCUT2D eigenvalue weighted by atomic mass is 10.2. The number of nitriles is 1. The number of aromatic nitrogens is 2. The minimum Gasteiger partial charge on any atom is -0.348 e. The SMILES string of the molecule is N#Cc1ccc(Nc2ccc(C(=O)NC3CC3)nn2)cc1. The molecule has 1 aromatic heterocycles. The summed E-state index contributed by atoms with van der Waals surface area (Å²) in [6.45, 7) is 0. The summed E-state index contributed by atoms with van der Waals surface area (Å²) in [6, 6.07) is 12.7. The monoisotopic (exact) mass is 279 g/mol. The molecule has 6 nitrogen and oxygen atoms in total. The molecule has 0 saturated heterocycles. The maximum absolute atomic E-state index is 11.8. The molecule has 1 fully saturated rings. The number of amides is 1. The number of nitrogens with one attached hydrogen (secondary N) is 2. The largest absolute Gasteiger partial charge is 0.348 e. The van der Waals surface area contributed by atoms with Gasteiger partial charge in [-0.1, -0.05) is 0 Å². The Morgan fingerprint density at radius 2 is 1.90 bits per heavy atom. The number of carbonyl (C=O) groups is 1. The highest BCUT2D eigenvalue weighted by molar-refractivity contribution is 5.92. The Labute approximate surface area is 121 Å². The zero-order valence-electron chi connectivity index (χ0n) is 11.2. The number of nitrogens with zero attached hydrogens (tertiary/aromatic N) is 3. The second-order valence-electron chi connectivity index (χ2n) is 4.87. The standard InChI is InChI=1S/C15H13N5O/c16-9-10-1-3-11(4-2-10)17-14-8-7-13(19-20-14)15(21)18-12-5-6-12/h1-4,7-8,12H,5-6H2,(H,17,20)(H,18,21). The van der Waals surface area contributed by atoms with E-state index in [0.717, 1.165) is 18.5 Å². The van der Waals surface area contributed by atoms with E-state index in [2.05, 4.69) is 26.9 Å². The van der Waals surface area contributed by atoms with Crippen LogP contribution in [0.1, 0.15) is 28.9 Å². The Bertz CT molecular complexity index is 683. The molecule has 104 valence electrons. The van der Waals surface area contributed by atoms with Crippen LogP contribution >= 0.6 is 0 Å². The molecular weight excluding hydrogens is 266 g/mol. The second-order valence-corrected chi connectivity index (χ2v) is 4.87. The molecule has 6 heteroatoms. The summed E-state index contributed by atoms with van der Waals surface area (Å²) in [5.41, 5.74) is 1.71. The van der Waals surface area contributed by atoms with Crippen LogP contribution in [0, 0.1) is 11.3 Å². The fourth-order valence-electron chi connectivity index (χ4n) is 1.78. The molecule has 21 heavy (non-hydrogen) atoms. The lowest BCUT2D eigenvalue weighted by Gasteiger charge is -2.06. The van der Waals surface area contributed by atoms with Gasteiger partial charge in [-0.05, 0) is 49.2 Å². The van der Waals surface area contributed by atoms with Gasteiger partial charge in [0.15, 0.2) is 11.5 Å². The Morgan fingerprint density at radius 1 is 1.14 bits per heavy atom. The average Bonchev–Trinajstić information content (AvgIpc) is 3.33. The van der Waals surface area contributed by atoms with Crippen molar-refractivity contribution < 1.29 is 4.79 Å². The number of carbonyl (C=O) groups excluding carboxylic acids is 1. The van der Waals surface area contributed by atoms with E-state index >= 15 is 0 Å².